The van der Waals surface area contributed by atoms with Gasteiger partial charge in [0.1, 0.15) is 0 Å². The third-order valence-electron chi connectivity index (χ3n) is 4.67. The monoisotopic (exact) mass is 368 g/mol. The molecule has 1 spiro atoms. The molecule has 2 saturated heterocycles. The van der Waals surface area contributed by atoms with Crippen molar-refractivity contribution in [2.45, 2.75) is 5.91 Å². The van der Waals surface area contributed by atoms with Crippen molar-refractivity contribution in [2.24, 2.45) is 11.8 Å². The first-order valence-corrected chi connectivity index (χ1v) is 8.33. The first-order chi connectivity index (χ1) is 11.5. The summed E-state index contributed by atoms with van der Waals surface area (Å²) in [5, 5.41) is 3.96. The summed E-state index contributed by atoms with van der Waals surface area (Å²) in [4.78, 5) is 25.9. The van der Waals surface area contributed by atoms with E-state index in [0.717, 1.165) is 18.7 Å². The molecule has 0 bridgehead atoms. The topological polar surface area (TPSA) is 67.9 Å². The number of fused-ring (bicyclic) bond motifs is 2. The minimum atomic E-state index is -1.53. The van der Waals surface area contributed by atoms with E-state index in [2.05, 4.69) is 5.32 Å². The largest absolute Gasteiger partial charge is 0.400 e. The molecule has 6 nitrogen and oxygen atoms in total. The number of nitrogens with one attached hydrogen (secondary N) is 1. The Kier molecular flexibility index (Phi) is 3.71. The van der Waals surface area contributed by atoms with Crippen LogP contribution in [0.2, 0.25) is 10.0 Å². The molecule has 0 saturated carbocycles. The van der Waals surface area contributed by atoms with Crippen LogP contribution < -0.4 is 10.2 Å². The van der Waals surface area contributed by atoms with E-state index in [9.17, 15) is 9.59 Å². The van der Waals surface area contributed by atoms with Crippen molar-refractivity contribution in [2.75, 3.05) is 24.5 Å². The highest BCUT2D eigenvalue weighted by Gasteiger charge is 2.62. The van der Waals surface area contributed by atoms with Gasteiger partial charge in [0.05, 0.1) is 21.7 Å². The van der Waals surface area contributed by atoms with Gasteiger partial charge in [-0.3, -0.25) is 4.90 Å². The third kappa shape index (κ3) is 2.29. The molecule has 1 aromatic rings. The van der Waals surface area contributed by atoms with Crippen molar-refractivity contribution in [1.29, 1.82) is 0 Å². The van der Waals surface area contributed by atoms with E-state index in [1.54, 1.807) is 23.1 Å². The highest BCUT2D eigenvalue weighted by atomic mass is 35.5. The molecule has 24 heavy (non-hydrogen) atoms. The molecule has 4 rings (SSSR count). The first-order valence-electron chi connectivity index (χ1n) is 7.57. The van der Waals surface area contributed by atoms with E-state index in [-0.39, 0.29) is 11.8 Å². The van der Waals surface area contributed by atoms with Crippen LogP contribution in [-0.2, 0) is 19.1 Å². The van der Waals surface area contributed by atoms with Crippen molar-refractivity contribution in [3.63, 3.8) is 0 Å². The number of halogens is 2. The molecule has 2 atom stereocenters. The summed E-state index contributed by atoms with van der Waals surface area (Å²) < 4.78 is 11.2. The van der Waals surface area contributed by atoms with Crippen molar-refractivity contribution in [3.8, 4) is 0 Å². The van der Waals surface area contributed by atoms with E-state index in [0.29, 0.717) is 28.8 Å². The van der Waals surface area contributed by atoms with Crippen LogP contribution in [0.5, 0.6) is 0 Å². The summed E-state index contributed by atoms with van der Waals surface area (Å²) in [6, 6.07) is 5.19. The molecule has 1 N–H and O–H groups in total. The van der Waals surface area contributed by atoms with E-state index in [4.69, 9.17) is 32.7 Å². The third-order valence-corrected chi connectivity index (χ3v) is 5.48. The fourth-order valence-electron chi connectivity index (χ4n) is 3.66. The standard InChI is InChI=1S/C16H14Cl2N2O4/c17-11-2-1-3-12(15(11)18)20-8-9-6-19-7-10(9)16(20)23-13(21)4-5-14(22)24-16/h1-5,9-10,19H,6-8H2. The van der Waals surface area contributed by atoms with Gasteiger partial charge in [0.2, 0.25) is 0 Å². The fourth-order valence-corrected chi connectivity index (χ4v) is 4.05. The van der Waals surface area contributed by atoms with Crippen LogP contribution in [-0.4, -0.2) is 37.5 Å². The van der Waals surface area contributed by atoms with Crippen molar-refractivity contribution in [3.05, 3.63) is 40.4 Å². The van der Waals surface area contributed by atoms with Gasteiger partial charge in [-0.1, -0.05) is 29.3 Å². The second kappa shape index (κ2) is 5.65. The molecular formula is C16H14Cl2N2O4. The van der Waals surface area contributed by atoms with Gasteiger partial charge in [-0.25, -0.2) is 9.59 Å². The first kappa shape index (κ1) is 15.7. The van der Waals surface area contributed by atoms with Gasteiger partial charge in [-0.15, -0.1) is 0 Å². The van der Waals surface area contributed by atoms with Crippen LogP contribution in [0, 0.1) is 11.8 Å². The minimum Gasteiger partial charge on any atom is -0.400 e. The summed E-state index contributed by atoms with van der Waals surface area (Å²) in [7, 11) is 0. The van der Waals surface area contributed by atoms with Gasteiger partial charge in [0.25, 0.3) is 0 Å². The molecule has 1 aromatic carbocycles. The van der Waals surface area contributed by atoms with E-state index in [1.165, 1.54) is 0 Å². The molecule has 3 aliphatic heterocycles. The Balaban J connectivity index is 1.84. The van der Waals surface area contributed by atoms with Crippen LogP contribution in [0.4, 0.5) is 5.69 Å². The molecule has 0 aromatic heterocycles. The van der Waals surface area contributed by atoms with Gasteiger partial charge in [0, 0.05) is 37.7 Å². The quantitative estimate of drug-likeness (QED) is 0.764. The summed E-state index contributed by atoms with van der Waals surface area (Å²) in [5.74, 6) is -2.83. The molecular weight excluding hydrogens is 355 g/mol. The Bertz CT molecular complexity index is 732. The molecule has 3 heterocycles. The number of anilines is 1. The zero-order chi connectivity index (χ0) is 16.9. The summed E-state index contributed by atoms with van der Waals surface area (Å²) in [6.07, 6.45) is 2.15. The predicted octanol–water partition coefficient (Wildman–Crippen LogP) is 1.96. The lowest BCUT2D eigenvalue weighted by molar-refractivity contribution is -0.230. The smallest absolute Gasteiger partial charge is 0.347 e. The van der Waals surface area contributed by atoms with Crippen LogP contribution in [0.15, 0.2) is 30.4 Å². The van der Waals surface area contributed by atoms with Gasteiger partial charge in [0.15, 0.2) is 0 Å². The molecule has 2 unspecified atom stereocenters. The number of nitrogens with zero attached hydrogens (tertiary/aromatic N) is 1. The molecule has 0 amide bonds. The van der Waals surface area contributed by atoms with Crippen molar-refractivity contribution < 1.29 is 19.1 Å². The number of hydrogen-bond acceptors (Lipinski definition) is 6. The second-order valence-corrected chi connectivity index (χ2v) is 6.80. The number of rotatable bonds is 1. The fraction of sp³-hybridized carbons (Fsp3) is 0.375. The highest BCUT2D eigenvalue weighted by Crippen LogP contribution is 2.48. The Hall–Kier alpha value is -1.76. The lowest BCUT2D eigenvalue weighted by Crippen LogP contribution is -2.55. The molecule has 3 aliphatic rings. The van der Waals surface area contributed by atoms with Crippen LogP contribution >= 0.6 is 23.2 Å². The molecule has 2 fully saturated rings. The number of ether oxygens (including phenoxy) is 2. The number of esters is 2. The lowest BCUT2D eigenvalue weighted by atomic mass is 9.97. The average molecular weight is 369 g/mol. The minimum absolute atomic E-state index is 0.152. The summed E-state index contributed by atoms with van der Waals surface area (Å²) >= 11 is 12.5. The molecule has 0 radical (unpaired) electrons. The maximum Gasteiger partial charge on any atom is 0.347 e. The highest BCUT2D eigenvalue weighted by molar-refractivity contribution is 6.43. The lowest BCUT2D eigenvalue weighted by Gasteiger charge is -2.39. The Morgan fingerprint density at radius 1 is 1.12 bits per heavy atom. The molecule has 8 heteroatoms. The van der Waals surface area contributed by atoms with Crippen LogP contribution in [0.1, 0.15) is 0 Å². The molecule has 0 aliphatic carbocycles. The summed E-state index contributed by atoms with van der Waals surface area (Å²) in [5.41, 5.74) is 0.570. The zero-order valence-corrected chi connectivity index (χ0v) is 14.0. The Morgan fingerprint density at radius 3 is 2.54 bits per heavy atom. The Labute approximate surface area is 148 Å². The van der Waals surface area contributed by atoms with Gasteiger partial charge >= 0.3 is 17.8 Å². The average Bonchev–Trinajstić information content (AvgIpc) is 3.06. The van der Waals surface area contributed by atoms with E-state index < -0.39 is 17.8 Å². The molecule has 126 valence electrons. The number of carbonyl (C=O) groups is 2. The number of benzene rings is 1. The normalized spacial score (nSPS) is 27.8. The summed E-state index contributed by atoms with van der Waals surface area (Å²) in [6.45, 7) is 1.84. The maximum absolute atomic E-state index is 12.1. The van der Waals surface area contributed by atoms with E-state index in [1.807, 2.05) is 0 Å². The SMILES string of the molecule is O=C1C=CC(=O)OC2(O1)C1CNCC1CN2c1cccc(Cl)c1Cl. The van der Waals surface area contributed by atoms with Crippen molar-refractivity contribution in [1.82, 2.24) is 5.32 Å². The van der Waals surface area contributed by atoms with Gasteiger partial charge in [-0.05, 0) is 12.1 Å². The number of hydrogen-bond donors (Lipinski definition) is 1. The van der Waals surface area contributed by atoms with Crippen LogP contribution in [0.25, 0.3) is 0 Å². The predicted molar refractivity (Wildman–Crippen MR) is 87.7 cm³/mol. The maximum atomic E-state index is 12.1. The van der Waals surface area contributed by atoms with Gasteiger partial charge < -0.3 is 14.8 Å². The van der Waals surface area contributed by atoms with Crippen LogP contribution in [0.3, 0.4) is 0 Å². The number of carbonyl (C=O) groups excluding carboxylic acids is 2. The Morgan fingerprint density at radius 2 is 1.83 bits per heavy atom. The van der Waals surface area contributed by atoms with Gasteiger partial charge in [-0.2, -0.15) is 0 Å². The van der Waals surface area contributed by atoms with E-state index >= 15 is 0 Å². The van der Waals surface area contributed by atoms with Crippen molar-refractivity contribution >= 4 is 40.8 Å². The second-order valence-electron chi connectivity index (χ2n) is 6.01. The zero-order valence-electron chi connectivity index (χ0n) is 12.5.